The zero-order valence-electron chi connectivity index (χ0n) is 11.7. The van der Waals surface area contributed by atoms with E-state index >= 15 is 0 Å². The molecule has 1 heterocycles. The molecule has 2 aromatic rings. The molecule has 0 radical (unpaired) electrons. The van der Waals surface area contributed by atoms with Gasteiger partial charge in [-0.3, -0.25) is 9.52 Å². The Labute approximate surface area is 147 Å². The molecule has 1 fully saturated rings. The summed E-state index contributed by atoms with van der Waals surface area (Å²) in [6, 6.07) is 7.73. The van der Waals surface area contributed by atoms with Crippen LogP contribution in [0.4, 0.5) is 11.4 Å². The fraction of sp³-hybridized carbons (Fsp3) is 0.214. The minimum absolute atomic E-state index is 0.00183. The molecule has 2 N–H and O–H groups in total. The maximum atomic E-state index is 12.3. The highest BCUT2D eigenvalue weighted by Gasteiger charge is 2.29. The molecule has 0 aliphatic heterocycles. The molecule has 1 aromatic heterocycles. The minimum Gasteiger partial charge on any atom is -0.326 e. The molecule has 1 aromatic carbocycles. The van der Waals surface area contributed by atoms with Gasteiger partial charge in [0.2, 0.25) is 5.91 Å². The number of thiophene rings is 1. The van der Waals surface area contributed by atoms with Gasteiger partial charge in [0.25, 0.3) is 10.0 Å². The molecule has 0 unspecified atom stereocenters. The topological polar surface area (TPSA) is 75.3 Å². The van der Waals surface area contributed by atoms with Gasteiger partial charge in [-0.15, -0.1) is 11.3 Å². The normalized spacial score (nSPS) is 14.5. The number of carbonyl (C=O) groups is 1. The lowest BCUT2D eigenvalue weighted by Crippen LogP contribution is -2.14. The van der Waals surface area contributed by atoms with E-state index in [4.69, 9.17) is 23.2 Å². The predicted octanol–water partition coefficient (Wildman–Crippen LogP) is 4.20. The van der Waals surface area contributed by atoms with Gasteiger partial charge >= 0.3 is 0 Å². The summed E-state index contributed by atoms with van der Waals surface area (Å²) < 4.78 is 27.4. The highest BCUT2D eigenvalue weighted by Crippen LogP contribution is 2.35. The van der Waals surface area contributed by atoms with Crippen LogP contribution in [0.1, 0.15) is 12.8 Å². The van der Waals surface area contributed by atoms with E-state index in [0.29, 0.717) is 15.7 Å². The number of nitrogens with one attached hydrogen (secondary N) is 2. The molecule has 0 atom stereocenters. The van der Waals surface area contributed by atoms with E-state index < -0.39 is 10.0 Å². The lowest BCUT2D eigenvalue weighted by Gasteiger charge is -2.09. The van der Waals surface area contributed by atoms with Gasteiger partial charge in [-0.25, -0.2) is 8.42 Å². The SMILES string of the molecule is O=C(Nc1ccc(NS(=O)(=O)c2cc(Cl)sc2Cl)cc1)C1CC1. The highest BCUT2D eigenvalue weighted by atomic mass is 35.5. The van der Waals surface area contributed by atoms with Crippen LogP contribution in [0.2, 0.25) is 8.67 Å². The maximum absolute atomic E-state index is 12.3. The number of anilines is 2. The standard InChI is InChI=1S/C14H12Cl2N2O3S2/c15-12-7-11(13(16)22-12)23(20,21)18-10-5-3-9(4-6-10)17-14(19)8-1-2-8/h3-8,18H,1-2H2,(H,17,19). The summed E-state index contributed by atoms with van der Waals surface area (Å²) >= 11 is 12.6. The zero-order chi connectivity index (χ0) is 16.6. The number of hydrogen-bond acceptors (Lipinski definition) is 4. The van der Waals surface area contributed by atoms with Gasteiger partial charge in [0, 0.05) is 17.3 Å². The Morgan fingerprint density at radius 3 is 2.26 bits per heavy atom. The van der Waals surface area contributed by atoms with Gasteiger partial charge in [-0.05, 0) is 43.2 Å². The number of halogens is 2. The van der Waals surface area contributed by atoms with Crippen LogP contribution < -0.4 is 10.0 Å². The highest BCUT2D eigenvalue weighted by molar-refractivity contribution is 7.93. The first-order valence-electron chi connectivity index (χ1n) is 6.74. The molecule has 1 aliphatic carbocycles. The fourth-order valence-corrected chi connectivity index (χ4v) is 5.14. The summed E-state index contributed by atoms with van der Waals surface area (Å²) in [4.78, 5) is 11.6. The Kier molecular flexibility index (Phi) is 4.55. The van der Waals surface area contributed by atoms with Crippen molar-refractivity contribution in [1.82, 2.24) is 0 Å². The van der Waals surface area contributed by atoms with E-state index in [1.807, 2.05) is 0 Å². The number of sulfonamides is 1. The van der Waals surface area contributed by atoms with E-state index in [2.05, 4.69) is 10.0 Å². The van der Waals surface area contributed by atoms with Gasteiger partial charge < -0.3 is 5.32 Å². The lowest BCUT2D eigenvalue weighted by molar-refractivity contribution is -0.117. The predicted molar refractivity (Wildman–Crippen MR) is 92.9 cm³/mol. The van der Waals surface area contributed by atoms with Crippen molar-refractivity contribution in [1.29, 1.82) is 0 Å². The molecule has 9 heteroatoms. The van der Waals surface area contributed by atoms with E-state index in [9.17, 15) is 13.2 Å². The van der Waals surface area contributed by atoms with Crippen LogP contribution in [0.5, 0.6) is 0 Å². The Bertz CT molecular complexity index is 843. The van der Waals surface area contributed by atoms with Crippen molar-refractivity contribution >= 4 is 61.8 Å². The first-order valence-corrected chi connectivity index (χ1v) is 9.79. The second kappa shape index (κ2) is 6.32. The number of benzene rings is 1. The van der Waals surface area contributed by atoms with Crippen molar-refractivity contribution in [2.45, 2.75) is 17.7 Å². The zero-order valence-corrected chi connectivity index (χ0v) is 14.8. The average Bonchev–Trinajstić information content (AvgIpc) is 3.26. The van der Waals surface area contributed by atoms with Gasteiger partial charge in [-0.2, -0.15) is 0 Å². The third-order valence-corrected chi connectivity index (χ3v) is 6.40. The Morgan fingerprint density at radius 1 is 1.13 bits per heavy atom. The van der Waals surface area contributed by atoms with Crippen molar-refractivity contribution in [3.8, 4) is 0 Å². The Balaban J connectivity index is 1.72. The molecule has 23 heavy (non-hydrogen) atoms. The summed E-state index contributed by atoms with van der Waals surface area (Å²) in [5, 5.41) is 2.78. The third kappa shape index (κ3) is 3.98. The molecule has 0 spiro atoms. The average molecular weight is 391 g/mol. The van der Waals surface area contributed by atoms with Gasteiger partial charge in [-0.1, -0.05) is 23.2 Å². The molecule has 5 nitrogen and oxygen atoms in total. The number of amides is 1. The van der Waals surface area contributed by atoms with Crippen molar-refractivity contribution in [2.24, 2.45) is 5.92 Å². The fourth-order valence-electron chi connectivity index (χ4n) is 1.93. The van der Waals surface area contributed by atoms with Crippen LogP contribution in [-0.4, -0.2) is 14.3 Å². The molecule has 3 rings (SSSR count). The first kappa shape index (κ1) is 16.6. The van der Waals surface area contributed by atoms with E-state index in [1.54, 1.807) is 24.3 Å². The van der Waals surface area contributed by atoms with Crippen molar-refractivity contribution in [3.05, 3.63) is 39.0 Å². The third-order valence-electron chi connectivity index (χ3n) is 3.27. The molecule has 1 amide bonds. The van der Waals surface area contributed by atoms with E-state index in [1.165, 1.54) is 6.07 Å². The van der Waals surface area contributed by atoms with Crippen LogP contribution >= 0.6 is 34.5 Å². The van der Waals surface area contributed by atoms with Crippen LogP contribution in [0, 0.1) is 5.92 Å². The van der Waals surface area contributed by atoms with Crippen molar-refractivity contribution in [3.63, 3.8) is 0 Å². The second-order valence-electron chi connectivity index (χ2n) is 5.13. The minimum atomic E-state index is -3.81. The first-order chi connectivity index (χ1) is 10.8. The summed E-state index contributed by atoms with van der Waals surface area (Å²) in [7, 11) is -3.81. The van der Waals surface area contributed by atoms with Crippen LogP contribution in [0.3, 0.4) is 0 Å². The van der Waals surface area contributed by atoms with E-state index in [-0.39, 0.29) is 21.1 Å². The largest absolute Gasteiger partial charge is 0.326 e. The molecule has 122 valence electrons. The van der Waals surface area contributed by atoms with E-state index in [0.717, 1.165) is 24.2 Å². The van der Waals surface area contributed by atoms with Gasteiger partial charge in [0.1, 0.15) is 9.23 Å². The summed E-state index contributed by atoms with van der Waals surface area (Å²) in [5.74, 6) is 0.108. The monoisotopic (exact) mass is 390 g/mol. The maximum Gasteiger partial charge on any atom is 0.264 e. The molecule has 1 aliphatic rings. The Morgan fingerprint density at radius 2 is 1.74 bits per heavy atom. The summed E-state index contributed by atoms with van der Waals surface area (Å²) in [5.41, 5.74) is 0.995. The van der Waals surface area contributed by atoms with Gasteiger partial charge in [0.05, 0.1) is 4.34 Å². The number of carbonyl (C=O) groups excluding carboxylic acids is 1. The van der Waals surface area contributed by atoms with Gasteiger partial charge in [0.15, 0.2) is 0 Å². The number of rotatable bonds is 5. The molecule has 0 bridgehead atoms. The van der Waals surface area contributed by atoms with Crippen LogP contribution in [0.25, 0.3) is 0 Å². The smallest absolute Gasteiger partial charge is 0.264 e. The Hall–Kier alpha value is -1.28. The molecular formula is C14H12Cl2N2O3S2. The molecule has 0 saturated heterocycles. The molecular weight excluding hydrogens is 379 g/mol. The summed E-state index contributed by atoms with van der Waals surface area (Å²) in [6.07, 6.45) is 1.85. The quantitative estimate of drug-likeness (QED) is 0.802. The second-order valence-corrected chi connectivity index (χ2v) is 9.07. The summed E-state index contributed by atoms with van der Waals surface area (Å²) in [6.45, 7) is 0. The molecule has 1 saturated carbocycles. The number of hydrogen-bond donors (Lipinski definition) is 2. The van der Waals surface area contributed by atoms with Crippen LogP contribution in [-0.2, 0) is 14.8 Å². The van der Waals surface area contributed by atoms with Crippen molar-refractivity contribution in [2.75, 3.05) is 10.0 Å². The van der Waals surface area contributed by atoms with Crippen LogP contribution in [0.15, 0.2) is 35.2 Å². The van der Waals surface area contributed by atoms with Crippen molar-refractivity contribution < 1.29 is 13.2 Å². The lowest BCUT2D eigenvalue weighted by atomic mass is 10.2.